The highest BCUT2D eigenvalue weighted by atomic mass is 32.2. The van der Waals surface area contributed by atoms with Gasteiger partial charge in [-0.3, -0.25) is 4.79 Å². The van der Waals surface area contributed by atoms with Gasteiger partial charge in [-0.25, -0.2) is 18.1 Å². The number of primary amides is 1. The molecule has 0 radical (unpaired) electrons. The fourth-order valence-corrected chi connectivity index (χ4v) is 2.89. The van der Waals surface area contributed by atoms with Crippen molar-refractivity contribution in [2.24, 2.45) is 5.73 Å². The van der Waals surface area contributed by atoms with Crippen LogP contribution in [0.3, 0.4) is 0 Å². The number of pyridine rings is 1. The zero-order valence-corrected chi connectivity index (χ0v) is 13.7. The van der Waals surface area contributed by atoms with E-state index in [1.807, 2.05) is 19.0 Å². The lowest BCUT2D eigenvalue weighted by Crippen LogP contribution is -2.23. The zero-order valence-electron chi connectivity index (χ0n) is 12.9. The van der Waals surface area contributed by atoms with Crippen LogP contribution < -0.4 is 15.4 Å². The molecule has 1 heterocycles. The van der Waals surface area contributed by atoms with Crippen LogP contribution in [-0.2, 0) is 16.6 Å². The number of benzene rings is 1. The van der Waals surface area contributed by atoms with E-state index < -0.39 is 15.9 Å². The van der Waals surface area contributed by atoms with Crippen LogP contribution in [0.2, 0.25) is 0 Å². The molecular formula is C15H18N4O3S. The molecule has 0 aliphatic heterocycles. The molecule has 8 heteroatoms. The Morgan fingerprint density at radius 3 is 2.43 bits per heavy atom. The van der Waals surface area contributed by atoms with Crippen LogP contribution in [0, 0.1) is 0 Å². The average Bonchev–Trinajstić information content (AvgIpc) is 2.53. The van der Waals surface area contributed by atoms with Crippen LogP contribution in [0.25, 0.3) is 0 Å². The predicted molar refractivity (Wildman–Crippen MR) is 87.5 cm³/mol. The Balaban J connectivity index is 2.12. The highest BCUT2D eigenvalue weighted by Crippen LogP contribution is 2.13. The van der Waals surface area contributed by atoms with Gasteiger partial charge in [-0.2, -0.15) is 0 Å². The van der Waals surface area contributed by atoms with Gasteiger partial charge in [0.25, 0.3) is 0 Å². The smallest absolute Gasteiger partial charge is 0.248 e. The van der Waals surface area contributed by atoms with Gasteiger partial charge in [-0.1, -0.05) is 0 Å². The van der Waals surface area contributed by atoms with Crippen LogP contribution in [0.5, 0.6) is 0 Å². The Bertz CT molecular complexity index is 802. The molecule has 7 nitrogen and oxygen atoms in total. The number of amides is 1. The number of carbonyl (C=O) groups excluding carboxylic acids is 1. The predicted octanol–water partition coefficient (Wildman–Crippen LogP) is 0.725. The molecule has 0 unspecified atom stereocenters. The van der Waals surface area contributed by atoms with Crippen molar-refractivity contribution in [2.45, 2.75) is 11.4 Å². The Kier molecular flexibility index (Phi) is 4.97. The second-order valence-corrected chi connectivity index (χ2v) is 6.90. The molecule has 0 spiro atoms. The Labute approximate surface area is 135 Å². The summed E-state index contributed by atoms with van der Waals surface area (Å²) in [5.74, 6) is 0.141. The summed E-state index contributed by atoms with van der Waals surface area (Å²) in [5, 5.41) is 0. The Morgan fingerprint density at radius 2 is 1.87 bits per heavy atom. The van der Waals surface area contributed by atoms with Crippen molar-refractivity contribution in [3.05, 3.63) is 53.7 Å². The topological polar surface area (TPSA) is 105 Å². The molecule has 0 fully saturated rings. The minimum absolute atomic E-state index is 0.0735. The molecule has 0 saturated carbocycles. The van der Waals surface area contributed by atoms with Gasteiger partial charge in [0.05, 0.1) is 4.90 Å². The number of aromatic nitrogens is 1. The van der Waals surface area contributed by atoms with Crippen LogP contribution in [0.4, 0.5) is 5.82 Å². The van der Waals surface area contributed by atoms with E-state index in [-0.39, 0.29) is 17.0 Å². The number of hydrogen-bond donors (Lipinski definition) is 2. The molecule has 3 N–H and O–H groups in total. The molecule has 1 aromatic heterocycles. The minimum Gasteiger partial charge on any atom is -0.366 e. The summed E-state index contributed by atoms with van der Waals surface area (Å²) in [6, 6.07) is 9.01. The molecule has 2 aromatic rings. The third-order valence-electron chi connectivity index (χ3n) is 3.18. The molecule has 2 rings (SSSR count). The van der Waals surface area contributed by atoms with E-state index in [4.69, 9.17) is 5.73 Å². The fraction of sp³-hybridized carbons (Fsp3) is 0.200. The summed E-state index contributed by atoms with van der Waals surface area (Å²) in [5.41, 5.74) is 6.18. The second kappa shape index (κ2) is 6.76. The molecule has 0 aliphatic carbocycles. The maximum atomic E-state index is 12.3. The maximum Gasteiger partial charge on any atom is 0.248 e. The summed E-state index contributed by atoms with van der Waals surface area (Å²) in [6.45, 7) is 0.142. The lowest BCUT2D eigenvalue weighted by Gasteiger charge is -2.12. The minimum atomic E-state index is -3.67. The van der Waals surface area contributed by atoms with Gasteiger partial charge in [-0.15, -0.1) is 0 Å². The number of sulfonamides is 1. The van der Waals surface area contributed by atoms with Gasteiger partial charge < -0.3 is 10.6 Å². The molecule has 0 aliphatic rings. The molecule has 23 heavy (non-hydrogen) atoms. The van der Waals surface area contributed by atoms with E-state index in [9.17, 15) is 13.2 Å². The zero-order chi connectivity index (χ0) is 17.0. The van der Waals surface area contributed by atoms with Crippen LogP contribution in [0.1, 0.15) is 15.9 Å². The van der Waals surface area contributed by atoms with Gasteiger partial charge in [0.15, 0.2) is 0 Å². The van der Waals surface area contributed by atoms with Crippen LogP contribution in [0.15, 0.2) is 47.5 Å². The highest BCUT2D eigenvalue weighted by molar-refractivity contribution is 7.89. The number of nitrogens with zero attached hydrogens (tertiary/aromatic N) is 2. The first-order chi connectivity index (χ1) is 10.8. The lowest BCUT2D eigenvalue weighted by molar-refractivity contribution is 0.1000. The fourth-order valence-electron chi connectivity index (χ4n) is 1.88. The van der Waals surface area contributed by atoms with Crippen molar-refractivity contribution >= 4 is 21.7 Å². The first kappa shape index (κ1) is 16.9. The third kappa shape index (κ3) is 4.27. The van der Waals surface area contributed by atoms with E-state index in [1.165, 1.54) is 24.3 Å². The average molecular weight is 334 g/mol. The number of nitrogens with one attached hydrogen (secondary N) is 1. The largest absolute Gasteiger partial charge is 0.366 e. The van der Waals surface area contributed by atoms with Crippen molar-refractivity contribution in [1.29, 1.82) is 0 Å². The standard InChI is InChI=1S/C15H18N4O3S/c1-19(2)14-9-11(7-8-17-14)10-18-23(21,22)13-5-3-12(4-6-13)15(16)20/h3-9,18H,10H2,1-2H3,(H2,16,20). The van der Waals surface area contributed by atoms with E-state index >= 15 is 0 Å². The number of carbonyl (C=O) groups is 1. The van der Waals surface area contributed by atoms with Gasteiger partial charge in [0, 0.05) is 32.4 Å². The quantitative estimate of drug-likeness (QED) is 0.810. The van der Waals surface area contributed by atoms with Crippen LogP contribution in [-0.4, -0.2) is 33.4 Å². The number of rotatable bonds is 6. The molecule has 0 atom stereocenters. The van der Waals surface area contributed by atoms with E-state index in [2.05, 4.69) is 9.71 Å². The molecular weight excluding hydrogens is 316 g/mol. The van der Waals surface area contributed by atoms with E-state index in [0.29, 0.717) is 0 Å². The molecule has 1 aromatic carbocycles. The SMILES string of the molecule is CN(C)c1cc(CNS(=O)(=O)c2ccc(C(N)=O)cc2)ccn1. The first-order valence-electron chi connectivity index (χ1n) is 6.81. The Hall–Kier alpha value is -2.45. The van der Waals surface area contributed by atoms with Crippen molar-refractivity contribution in [3.63, 3.8) is 0 Å². The number of hydrogen-bond acceptors (Lipinski definition) is 5. The summed E-state index contributed by atoms with van der Waals surface area (Å²) in [6.07, 6.45) is 1.63. The van der Waals surface area contributed by atoms with E-state index in [1.54, 1.807) is 18.3 Å². The lowest BCUT2D eigenvalue weighted by atomic mass is 10.2. The highest BCUT2D eigenvalue weighted by Gasteiger charge is 2.14. The van der Waals surface area contributed by atoms with Crippen molar-refractivity contribution < 1.29 is 13.2 Å². The number of anilines is 1. The Morgan fingerprint density at radius 1 is 1.22 bits per heavy atom. The summed E-state index contributed by atoms with van der Waals surface area (Å²) < 4.78 is 27.0. The van der Waals surface area contributed by atoms with E-state index in [0.717, 1.165) is 11.4 Å². The molecule has 0 bridgehead atoms. The van der Waals surface area contributed by atoms with Crippen molar-refractivity contribution in [2.75, 3.05) is 19.0 Å². The van der Waals surface area contributed by atoms with Gasteiger partial charge in [-0.05, 0) is 42.0 Å². The monoisotopic (exact) mass is 334 g/mol. The molecule has 1 amide bonds. The number of nitrogens with two attached hydrogens (primary N) is 1. The van der Waals surface area contributed by atoms with Crippen LogP contribution >= 0.6 is 0 Å². The van der Waals surface area contributed by atoms with Gasteiger partial charge >= 0.3 is 0 Å². The second-order valence-electron chi connectivity index (χ2n) is 5.13. The summed E-state index contributed by atoms with van der Waals surface area (Å²) >= 11 is 0. The van der Waals surface area contributed by atoms with Gasteiger partial charge in [0.2, 0.25) is 15.9 Å². The maximum absolute atomic E-state index is 12.3. The summed E-state index contributed by atoms with van der Waals surface area (Å²) in [4.78, 5) is 17.1. The third-order valence-corrected chi connectivity index (χ3v) is 4.60. The molecule has 0 saturated heterocycles. The van der Waals surface area contributed by atoms with Crippen molar-refractivity contribution in [1.82, 2.24) is 9.71 Å². The molecule has 122 valence electrons. The van der Waals surface area contributed by atoms with Gasteiger partial charge in [0.1, 0.15) is 5.82 Å². The van der Waals surface area contributed by atoms with Crippen molar-refractivity contribution in [3.8, 4) is 0 Å². The normalized spacial score (nSPS) is 11.2. The summed E-state index contributed by atoms with van der Waals surface area (Å²) in [7, 11) is 0.0453. The first-order valence-corrected chi connectivity index (χ1v) is 8.30.